The Morgan fingerprint density at radius 3 is 2.33 bits per heavy atom. The smallest absolute Gasteiger partial charge is 0.171 e. The highest BCUT2D eigenvalue weighted by Crippen LogP contribution is 2.25. The van der Waals surface area contributed by atoms with Crippen LogP contribution in [0.4, 0.5) is 8.78 Å². The summed E-state index contributed by atoms with van der Waals surface area (Å²) in [5.74, 6) is -2.38. The summed E-state index contributed by atoms with van der Waals surface area (Å²) < 4.78 is 32.2. The predicted octanol–water partition coefficient (Wildman–Crippen LogP) is 2.16. The molecule has 1 aliphatic heterocycles. The molecule has 18 heavy (non-hydrogen) atoms. The Kier molecular flexibility index (Phi) is 3.91. The zero-order valence-electron chi connectivity index (χ0n) is 10.1. The number of carbonyl (C=O) groups excluding carboxylic acids is 1. The molecular formula is C13H15F2NO2. The van der Waals surface area contributed by atoms with Gasteiger partial charge in [0.15, 0.2) is 5.78 Å². The van der Waals surface area contributed by atoms with E-state index in [1.807, 2.05) is 0 Å². The van der Waals surface area contributed by atoms with Crippen LogP contribution in [0.25, 0.3) is 0 Å². The van der Waals surface area contributed by atoms with Crippen molar-refractivity contribution in [3.05, 3.63) is 29.3 Å². The number of benzene rings is 1. The zero-order valence-corrected chi connectivity index (χ0v) is 10.1. The van der Waals surface area contributed by atoms with Gasteiger partial charge in [0.2, 0.25) is 0 Å². The molecule has 0 radical (unpaired) electrons. The van der Waals surface area contributed by atoms with Crippen LogP contribution >= 0.6 is 0 Å². The average Bonchev–Trinajstić information content (AvgIpc) is 2.38. The summed E-state index contributed by atoms with van der Waals surface area (Å²) in [6.45, 7) is 1.41. The van der Waals surface area contributed by atoms with Crippen molar-refractivity contribution in [2.45, 2.75) is 12.8 Å². The van der Waals surface area contributed by atoms with Crippen molar-refractivity contribution >= 4 is 5.78 Å². The van der Waals surface area contributed by atoms with Crippen LogP contribution in [0, 0.1) is 17.6 Å². The number of nitrogens with one attached hydrogen (secondary N) is 1. The third kappa shape index (κ3) is 2.51. The maximum atomic E-state index is 13.7. The molecule has 0 saturated carbocycles. The monoisotopic (exact) mass is 255 g/mol. The van der Waals surface area contributed by atoms with Gasteiger partial charge in [-0.1, -0.05) is 0 Å². The average molecular weight is 255 g/mol. The second kappa shape index (κ2) is 5.44. The summed E-state index contributed by atoms with van der Waals surface area (Å²) in [7, 11) is 1.32. The topological polar surface area (TPSA) is 38.3 Å². The molecule has 2 rings (SSSR count). The van der Waals surface area contributed by atoms with Gasteiger partial charge in [0, 0.05) is 18.1 Å². The minimum absolute atomic E-state index is 0.0758. The molecule has 5 heteroatoms. The van der Waals surface area contributed by atoms with E-state index in [4.69, 9.17) is 4.74 Å². The molecule has 0 aromatic heterocycles. The largest absolute Gasteiger partial charge is 0.497 e. The predicted molar refractivity (Wildman–Crippen MR) is 62.8 cm³/mol. The van der Waals surface area contributed by atoms with Crippen molar-refractivity contribution in [1.29, 1.82) is 0 Å². The van der Waals surface area contributed by atoms with Crippen molar-refractivity contribution in [2.24, 2.45) is 5.92 Å². The molecule has 3 nitrogen and oxygen atoms in total. The van der Waals surface area contributed by atoms with Crippen molar-refractivity contribution in [3.63, 3.8) is 0 Å². The molecule has 0 spiro atoms. The van der Waals surface area contributed by atoms with E-state index in [1.54, 1.807) is 0 Å². The maximum absolute atomic E-state index is 13.7. The highest BCUT2D eigenvalue weighted by molar-refractivity contribution is 5.98. The number of ether oxygens (including phenoxy) is 1. The molecule has 1 saturated heterocycles. The molecule has 1 aromatic rings. The number of hydrogen-bond acceptors (Lipinski definition) is 3. The Morgan fingerprint density at radius 2 is 1.83 bits per heavy atom. The highest BCUT2D eigenvalue weighted by atomic mass is 19.1. The molecule has 0 atom stereocenters. The molecule has 1 fully saturated rings. The first kappa shape index (κ1) is 13.0. The van der Waals surface area contributed by atoms with Crippen molar-refractivity contribution < 1.29 is 18.3 Å². The summed E-state index contributed by atoms with van der Waals surface area (Å²) in [6, 6.07) is 2.08. The fraction of sp³-hybridized carbons (Fsp3) is 0.462. The first-order valence-electron chi connectivity index (χ1n) is 5.91. The molecule has 0 aliphatic carbocycles. The van der Waals surface area contributed by atoms with Crippen molar-refractivity contribution in [3.8, 4) is 5.75 Å². The van der Waals surface area contributed by atoms with E-state index >= 15 is 0 Å². The van der Waals surface area contributed by atoms with Crippen LogP contribution in [-0.4, -0.2) is 26.0 Å². The molecule has 0 unspecified atom stereocenters. The van der Waals surface area contributed by atoms with Crippen LogP contribution in [0.15, 0.2) is 12.1 Å². The highest BCUT2D eigenvalue weighted by Gasteiger charge is 2.27. The number of rotatable bonds is 3. The lowest BCUT2D eigenvalue weighted by Crippen LogP contribution is -2.32. The Labute approximate surface area is 104 Å². The van der Waals surface area contributed by atoms with Gasteiger partial charge >= 0.3 is 0 Å². The van der Waals surface area contributed by atoms with Crippen LogP contribution in [0.1, 0.15) is 23.2 Å². The van der Waals surface area contributed by atoms with E-state index in [-0.39, 0.29) is 11.7 Å². The minimum atomic E-state index is -0.851. The molecule has 1 heterocycles. The standard InChI is InChI=1S/C13H15F2NO2/c1-18-9-6-10(14)12(11(15)7-9)13(17)8-2-4-16-5-3-8/h6-8,16H,2-5H2,1H3. The number of piperidine rings is 1. The van der Waals surface area contributed by atoms with Gasteiger partial charge in [-0.15, -0.1) is 0 Å². The summed E-state index contributed by atoms with van der Waals surface area (Å²) in [5.41, 5.74) is -0.442. The maximum Gasteiger partial charge on any atom is 0.171 e. The second-order valence-corrected chi connectivity index (χ2v) is 4.35. The van der Waals surface area contributed by atoms with Crippen molar-refractivity contribution in [2.75, 3.05) is 20.2 Å². The number of methoxy groups -OCH3 is 1. The third-order valence-corrected chi connectivity index (χ3v) is 3.21. The number of Topliss-reactive ketones (excluding diaryl/α,β-unsaturated/α-hetero) is 1. The number of carbonyl (C=O) groups is 1. The molecule has 0 bridgehead atoms. The third-order valence-electron chi connectivity index (χ3n) is 3.21. The molecule has 1 aromatic carbocycles. The Balaban J connectivity index is 2.29. The summed E-state index contributed by atoms with van der Waals surface area (Å²) in [6.07, 6.45) is 1.23. The first-order chi connectivity index (χ1) is 8.63. The number of halogens is 2. The van der Waals surface area contributed by atoms with Crippen LogP contribution in [0.5, 0.6) is 5.75 Å². The van der Waals surface area contributed by atoms with Crippen LogP contribution < -0.4 is 10.1 Å². The van der Waals surface area contributed by atoms with Gasteiger partial charge in [-0.25, -0.2) is 8.78 Å². The van der Waals surface area contributed by atoms with Crippen LogP contribution in [-0.2, 0) is 0 Å². The lowest BCUT2D eigenvalue weighted by molar-refractivity contribution is 0.0886. The van der Waals surface area contributed by atoms with Gasteiger partial charge in [-0.05, 0) is 25.9 Å². The van der Waals surface area contributed by atoms with E-state index in [0.717, 1.165) is 12.1 Å². The van der Waals surface area contributed by atoms with E-state index in [9.17, 15) is 13.6 Å². The molecule has 98 valence electrons. The quantitative estimate of drug-likeness (QED) is 0.841. The van der Waals surface area contributed by atoms with Gasteiger partial charge < -0.3 is 10.1 Å². The minimum Gasteiger partial charge on any atom is -0.497 e. The number of ketones is 1. The van der Waals surface area contributed by atoms with Gasteiger partial charge in [-0.3, -0.25) is 4.79 Å². The van der Waals surface area contributed by atoms with E-state index in [1.165, 1.54) is 7.11 Å². The lowest BCUT2D eigenvalue weighted by atomic mass is 9.89. The van der Waals surface area contributed by atoms with Crippen molar-refractivity contribution in [1.82, 2.24) is 5.32 Å². The fourth-order valence-electron chi connectivity index (χ4n) is 2.19. The lowest BCUT2D eigenvalue weighted by Gasteiger charge is -2.21. The van der Waals surface area contributed by atoms with Gasteiger partial charge in [0.25, 0.3) is 0 Å². The normalized spacial score (nSPS) is 16.6. The zero-order chi connectivity index (χ0) is 13.1. The van der Waals surface area contributed by atoms with Gasteiger partial charge in [-0.2, -0.15) is 0 Å². The number of hydrogen-bond donors (Lipinski definition) is 1. The van der Waals surface area contributed by atoms with Gasteiger partial charge in [0.1, 0.15) is 17.4 Å². The Hall–Kier alpha value is -1.49. The van der Waals surface area contributed by atoms with Gasteiger partial charge in [0.05, 0.1) is 12.7 Å². The first-order valence-corrected chi connectivity index (χ1v) is 5.91. The summed E-state index contributed by atoms with van der Waals surface area (Å²) in [4.78, 5) is 12.1. The molecule has 1 aliphatic rings. The second-order valence-electron chi connectivity index (χ2n) is 4.35. The van der Waals surface area contributed by atoms with Crippen LogP contribution in [0.3, 0.4) is 0 Å². The molecular weight excluding hydrogens is 240 g/mol. The van der Waals surface area contributed by atoms with E-state index < -0.39 is 23.0 Å². The summed E-state index contributed by atoms with van der Waals surface area (Å²) in [5, 5.41) is 3.11. The van der Waals surface area contributed by atoms with Crippen LogP contribution in [0.2, 0.25) is 0 Å². The van der Waals surface area contributed by atoms with E-state index in [0.29, 0.717) is 25.9 Å². The van der Waals surface area contributed by atoms with E-state index in [2.05, 4.69) is 5.32 Å². The Bertz CT molecular complexity index is 433. The Morgan fingerprint density at radius 1 is 1.28 bits per heavy atom. The fourth-order valence-corrected chi connectivity index (χ4v) is 2.19. The molecule has 0 amide bonds. The summed E-state index contributed by atoms with van der Waals surface area (Å²) >= 11 is 0. The SMILES string of the molecule is COc1cc(F)c(C(=O)C2CCNCC2)c(F)c1. The molecule has 1 N–H and O–H groups in total.